The van der Waals surface area contributed by atoms with Gasteiger partial charge in [-0.05, 0) is 30.2 Å². The molecule has 1 saturated heterocycles. The van der Waals surface area contributed by atoms with Crippen molar-refractivity contribution in [3.8, 4) is 0 Å². The highest BCUT2D eigenvalue weighted by atomic mass is 16.5. The van der Waals surface area contributed by atoms with Gasteiger partial charge < -0.3 is 9.64 Å². The Balaban J connectivity index is 1.66. The molecule has 1 aromatic rings. The number of ether oxygens (including phenoxy) is 1. The second-order valence-corrected chi connectivity index (χ2v) is 5.55. The van der Waals surface area contributed by atoms with Crippen molar-refractivity contribution in [2.24, 2.45) is 5.92 Å². The van der Waals surface area contributed by atoms with Gasteiger partial charge in [0.25, 0.3) is 0 Å². The van der Waals surface area contributed by atoms with Crippen LogP contribution in [0.4, 0.5) is 0 Å². The maximum Gasteiger partial charge on any atom is 0.223 e. The molecule has 3 heteroatoms. The van der Waals surface area contributed by atoms with Crippen LogP contribution < -0.4 is 0 Å². The molecular formula is C16H21NO2. The Morgan fingerprint density at radius 2 is 1.89 bits per heavy atom. The molecule has 1 aliphatic carbocycles. The average molecular weight is 259 g/mol. The Kier molecular flexibility index (Phi) is 3.83. The molecule has 1 aromatic carbocycles. The molecule has 1 heterocycles. The van der Waals surface area contributed by atoms with Crippen LogP contribution in [0.15, 0.2) is 30.3 Å². The number of amides is 1. The van der Waals surface area contributed by atoms with Crippen LogP contribution in [0.3, 0.4) is 0 Å². The van der Waals surface area contributed by atoms with Gasteiger partial charge in [0.05, 0.1) is 13.2 Å². The van der Waals surface area contributed by atoms with Gasteiger partial charge in [0, 0.05) is 19.5 Å². The zero-order chi connectivity index (χ0) is 13.1. The minimum Gasteiger partial charge on any atom is -0.378 e. The van der Waals surface area contributed by atoms with Gasteiger partial charge in [0.15, 0.2) is 0 Å². The molecule has 0 spiro atoms. The highest BCUT2D eigenvalue weighted by Gasteiger charge is 2.34. The molecule has 0 N–H and O–H groups in total. The SMILES string of the molecule is O=C(C[C@H](c1ccccc1)C1CC1)N1CCOCC1. The fourth-order valence-electron chi connectivity index (χ4n) is 2.89. The minimum absolute atomic E-state index is 0.295. The number of rotatable bonds is 4. The molecule has 1 aliphatic heterocycles. The van der Waals surface area contributed by atoms with Gasteiger partial charge in [-0.15, -0.1) is 0 Å². The number of hydrogen-bond donors (Lipinski definition) is 0. The predicted octanol–water partition coefficient (Wildman–Crippen LogP) is 2.43. The van der Waals surface area contributed by atoms with Crippen molar-refractivity contribution in [2.75, 3.05) is 26.3 Å². The lowest BCUT2D eigenvalue weighted by Gasteiger charge is -2.28. The van der Waals surface area contributed by atoms with E-state index in [1.807, 2.05) is 11.0 Å². The van der Waals surface area contributed by atoms with E-state index < -0.39 is 0 Å². The monoisotopic (exact) mass is 259 g/mol. The molecule has 3 rings (SSSR count). The van der Waals surface area contributed by atoms with Crippen LogP contribution in [0.5, 0.6) is 0 Å². The lowest BCUT2D eigenvalue weighted by molar-refractivity contribution is -0.135. The van der Waals surface area contributed by atoms with E-state index >= 15 is 0 Å². The number of benzene rings is 1. The first kappa shape index (κ1) is 12.7. The summed E-state index contributed by atoms with van der Waals surface area (Å²) < 4.78 is 5.31. The third-order valence-corrected chi connectivity index (χ3v) is 4.18. The Morgan fingerprint density at radius 3 is 2.53 bits per heavy atom. The van der Waals surface area contributed by atoms with Crippen LogP contribution in [0.25, 0.3) is 0 Å². The average Bonchev–Trinajstić information content (AvgIpc) is 3.31. The van der Waals surface area contributed by atoms with Gasteiger partial charge in [0.2, 0.25) is 5.91 Å². The van der Waals surface area contributed by atoms with Crippen molar-refractivity contribution in [1.82, 2.24) is 4.90 Å². The molecule has 0 unspecified atom stereocenters. The summed E-state index contributed by atoms with van der Waals surface area (Å²) in [5.74, 6) is 1.42. The zero-order valence-electron chi connectivity index (χ0n) is 11.3. The highest BCUT2D eigenvalue weighted by molar-refractivity contribution is 5.77. The van der Waals surface area contributed by atoms with Gasteiger partial charge >= 0.3 is 0 Å². The summed E-state index contributed by atoms with van der Waals surface area (Å²) in [6.45, 7) is 2.88. The normalized spacial score (nSPS) is 21.2. The van der Waals surface area contributed by atoms with Gasteiger partial charge in [-0.2, -0.15) is 0 Å². The van der Waals surface area contributed by atoms with E-state index in [4.69, 9.17) is 4.74 Å². The van der Waals surface area contributed by atoms with Crippen molar-refractivity contribution in [1.29, 1.82) is 0 Å². The quantitative estimate of drug-likeness (QED) is 0.831. The van der Waals surface area contributed by atoms with Crippen molar-refractivity contribution >= 4 is 5.91 Å². The number of carbonyl (C=O) groups is 1. The van der Waals surface area contributed by atoms with Crippen LogP contribution in [0, 0.1) is 5.92 Å². The van der Waals surface area contributed by atoms with Gasteiger partial charge in [0.1, 0.15) is 0 Å². The summed E-state index contributed by atoms with van der Waals surface area (Å²) in [7, 11) is 0. The molecular weight excluding hydrogens is 238 g/mol. The van der Waals surface area contributed by atoms with Crippen LogP contribution in [-0.4, -0.2) is 37.1 Å². The van der Waals surface area contributed by atoms with Crippen molar-refractivity contribution in [3.05, 3.63) is 35.9 Å². The summed E-state index contributed by atoms with van der Waals surface area (Å²) in [5, 5.41) is 0. The molecule has 3 nitrogen and oxygen atoms in total. The first-order valence-corrected chi connectivity index (χ1v) is 7.25. The standard InChI is InChI=1S/C16H21NO2/c18-16(17-8-10-19-11-9-17)12-15(14-6-7-14)13-4-2-1-3-5-13/h1-5,14-15H,6-12H2/t15-/m1/s1. The number of nitrogens with zero attached hydrogens (tertiary/aromatic N) is 1. The third kappa shape index (κ3) is 3.16. The molecule has 1 atom stereocenters. The second-order valence-electron chi connectivity index (χ2n) is 5.55. The summed E-state index contributed by atoms with van der Waals surface area (Å²) >= 11 is 0. The maximum absolute atomic E-state index is 12.4. The third-order valence-electron chi connectivity index (χ3n) is 4.18. The lowest BCUT2D eigenvalue weighted by Crippen LogP contribution is -2.41. The number of hydrogen-bond acceptors (Lipinski definition) is 2. The Morgan fingerprint density at radius 1 is 1.21 bits per heavy atom. The Bertz CT molecular complexity index is 422. The summed E-state index contributed by atoms with van der Waals surface area (Å²) in [4.78, 5) is 14.3. The number of morpholine rings is 1. The topological polar surface area (TPSA) is 29.5 Å². The molecule has 0 bridgehead atoms. The largest absolute Gasteiger partial charge is 0.378 e. The Hall–Kier alpha value is -1.35. The van der Waals surface area contributed by atoms with E-state index in [9.17, 15) is 4.79 Å². The molecule has 0 radical (unpaired) electrons. The fourth-order valence-corrected chi connectivity index (χ4v) is 2.89. The Labute approximate surface area is 114 Å². The maximum atomic E-state index is 12.4. The lowest BCUT2D eigenvalue weighted by atomic mass is 9.90. The van der Waals surface area contributed by atoms with Crippen LogP contribution in [-0.2, 0) is 9.53 Å². The fraction of sp³-hybridized carbons (Fsp3) is 0.562. The van der Waals surface area contributed by atoms with E-state index in [-0.39, 0.29) is 0 Å². The molecule has 0 aromatic heterocycles. The second kappa shape index (κ2) is 5.74. The molecule has 2 fully saturated rings. The van der Waals surface area contributed by atoms with Crippen LogP contribution >= 0.6 is 0 Å². The predicted molar refractivity (Wildman–Crippen MR) is 73.9 cm³/mol. The molecule has 102 valence electrons. The number of carbonyl (C=O) groups excluding carboxylic acids is 1. The zero-order valence-corrected chi connectivity index (χ0v) is 11.3. The summed E-state index contributed by atoms with van der Waals surface area (Å²) in [5.41, 5.74) is 1.33. The smallest absolute Gasteiger partial charge is 0.223 e. The summed E-state index contributed by atoms with van der Waals surface area (Å²) in [6, 6.07) is 10.5. The van der Waals surface area contributed by atoms with E-state index in [0.29, 0.717) is 37.4 Å². The van der Waals surface area contributed by atoms with Crippen molar-refractivity contribution in [2.45, 2.75) is 25.2 Å². The molecule has 2 aliphatic rings. The highest BCUT2D eigenvalue weighted by Crippen LogP contribution is 2.44. The van der Waals surface area contributed by atoms with E-state index in [2.05, 4.69) is 24.3 Å². The molecule has 19 heavy (non-hydrogen) atoms. The van der Waals surface area contributed by atoms with E-state index in [1.165, 1.54) is 18.4 Å². The minimum atomic E-state index is 0.295. The van der Waals surface area contributed by atoms with Crippen LogP contribution in [0.1, 0.15) is 30.7 Å². The van der Waals surface area contributed by atoms with Gasteiger partial charge in [-0.3, -0.25) is 4.79 Å². The van der Waals surface area contributed by atoms with E-state index in [0.717, 1.165) is 13.1 Å². The van der Waals surface area contributed by atoms with E-state index in [1.54, 1.807) is 0 Å². The first-order valence-electron chi connectivity index (χ1n) is 7.25. The van der Waals surface area contributed by atoms with Gasteiger partial charge in [-0.25, -0.2) is 0 Å². The first-order chi connectivity index (χ1) is 9.34. The van der Waals surface area contributed by atoms with Crippen molar-refractivity contribution in [3.63, 3.8) is 0 Å². The molecule has 1 saturated carbocycles. The van der Waals surface area contributed by atoms with Gasteiger partial charge in [-0.1, -0.05) is 30.3 Å². The van der Waals surface area contributed by atoms with Crippen LogP contribution in [0.2, 0.25) is 0 Å². The molecule has 1 amide bonds. The van der Waals surface area contributed by atoms with Crippen molar-refractivity contribution < 1.29 is 9.53 Å². The summed E-state index contributed by atoms with van der Waals surface area (Å²) in [6.07, 6.45) is 3.21.